The maximum atomic E-state index is 12.2. The molecule has 0 bridgehead atoms. The fourth-order valence-electron chi connectivity index (χ4n) is 2.85. The quantitative estimate of drug-likeness (QED) is 0.404. The maximum Gasteiger partial charge on any atom is 0.337 e. The van der Waals surface area contributed by atoms with Crippen LogP contribution in [0.25, 0.3) is 21.7 Å². The summed E-state index contributed by atoms with van der Waals surface area (Å²) >= 11 is 0. The first-order valence-corrected chi connectivity index (χ1v) is 8.46. The van der Waals surface area contributed by atoms with E-state index in [4.69, 9.17) is 0 Å². The summed E-state index contributed by atoms with van der Waals surface area (Å²) in [5.74, 6) is -0.940. The van der Waals surface area contributed by atoms with Crippen LogP contribution in [0.3, 0.4) is 0 Å². The molecule has 1 heterocycles. The molecule has 3 amide bonds. The van der Waals surface area contributed by atoms with E-state index < -0.39 is 17.5 Å². The topological polar surface area (TPSA) is 116 Å². The van der Waals surface area contributed by atoms with Gasteiger partial charge in [0.15, 0.2) is 0 Å². The third-order valence-corrected chi connectivity index (χ3v) is 4.16. The highest BCUT2D eigenvalue weighted by Gasteiger charge is 2.12. The largest absolute Gasteiger partial charge is 0.337 e. The van der Waals surface area contributed by atoms with Gasteiger partial charge >= 0.3 is 11.9 Å². The fraction of sp³-hybridized carbons (Fsp3) is 0. The number of benzene rings is 3. The molecule has 0 unspecified atom stereocenters. The molecule has 28 heavy (non-hydrogen) atoms. The van der Waals surface area contributed by atoms with Crippen LogP contribution in [0.1, 0.15) is 10.6 Å². The van der Waals surface area contributed by atoms with Crippen LogP contribution < -0.4 is 21.7 Å². The number of para-hydroxylation sites is 1. The lowest BCUT2D eigenvalue weighted by Gasteiger charge is -2.11. The number of carbonyl (C=O) groups is 2. The van der Waals surface area contributed by atoms with E-state index in [9.17, 15) is 14.4 Å². The Balaban J connectivity index is 1.46. The van der Waals surface area contributed by atoms with Gasteiger partial charge < -0.3 is 10.3 Å². The number of anilines is 1. The number of fused-ring (bicyclic) bond motifs is 2. The van der Waals surface area contributed by atoms with Gasteiger partial charge in [0.25, 0.3) is 5.56 Å². The summed E-state index contributed by atoms with van der Waals surface area (Å²) in [7, 11) is 0. The lowest BCUT2D eigenvalue weighted by Crippen LogP contribution is -2.44. The highest BCUT2D eigenvalue weighted by molar-refractivity contribution is 6.02. The lowest BCUT2D eigenvalue weighted by atomic mass is 10.1. The average Bonchev–Trinajstić information content (AvgIpc) is 2.72. The van der Waals surface area contributed by atoms with Gasteiger partial charge in [-0.15, -0.1) is 0 Å². The lowest BCUT2D eigenvalue weighted by molar-refractivity contribution is 0.0927. The van der Waals surface area contributed by atoms with E-state index in [2.05, 4.69) is 26.1 Å². The first kappa shape index (κ1) is 17.2. The van der Waals surface area contributed by atoms with Crippen LogP contribution in [0.5, 0.6) is 0 Å². The Hall–Kier alpha value is -4.20. The van der Waals surface area contributed by atoms with Gasteiger partial charge in [0.1, 0.15) is 0 Å². The molecule has 0 fully saturated rings. The number of hydrazine groups is 1. The number of nitrogens with one attached hydrogen (secondary N) is 4. The Morgan fingerprint density at radius 3 is 2.39 bits per heavy atom. The number of hydrogen-bond donors (Lipinski definition) is 4. The SMILES string of the molecule is O=C(NNC(=O)c1nc2ccccc2c(=O)[nH]1)Nc1cccc2ccccc12. The molecule has 4 N–H and O–H groups in total. The van der Waals surface area contributed by atoms with Crippen molar-refractivity contribution in [1.29, 1.82) is 0 Å². The first-order chi connectivity index (χ1) is 13.6. The van der Waals surface area contributed by atoms with E-state index in [1.807, 2.05) is 36.4 Å². The number of amides is 3. The summed E-state index contributed by atoms with van der Waals surface area (Å²) in [4.78, 5) is 42.9. The highest BCUT2D eigenvalue weighted by atomic mass is 16.2. The predicted molar refractivity (Wildman–Crippen MR) is 106 cm³/mol. The van der Waals surface area contributed by atoms with Crippen LogP contribution >= 0.6 is 0 Å². The van der Waals surface area contributed by atoms with Gasteiger partial charge in [-0.2, -0.15) is 0 Å². The molecule has 1 aromatic heterocycles. The van der Waals surface area contributed by atoms with E-state index in [-0.39, 0.29) is 5.82 Å². The summed E-state index contributed by atoms with van der Waals surface area (Å²) < 4.78 is 0. The van der Waals surface area contributed by atoms with E-state index in [1.54, 1.807) is 30.3 Å². The molecular weight excluding hydrogens is 358 g/mol. The zero-order chi connectivity index (χ0) is 19.5. The second-order valence-corrected chi connectivity index (χ2v) is 5.99. The summed E-state index contributed by atoms with van der Waals surface area (Å²) in [6.45, 7) is 0. The minimum atomic E-state index is -0.740. The number of aromatic amines is 1. The molecule has 4 rings (SSSR count). The van der Waals surface area contributed by atoms with Crippen LogP contribution in [0.4, 0.5) is 10.5 Å². The van der Waals surface area contributed by atoms with Crippen LogP contribution in [-0.4, -0.2) is 21.9 Å². The van der Waals surface area contributed by atoms with Gasteiger partial charge in [0, 0.05) is 5.39 Å². The van der Waals surface area contributed by atoms with Crippen LogP contribution in [0.15, 0.2) is 71.5 Å². The average molecular weight is 373 g/mol. The second kappa shape index (κ2) is 7.20. The Kier molecular flexibility index (Phi) is 4.43. The Morgan fingerprint density at radius 2 is 1.54 bits per heavy atom. The minimum Gasteiger partial charge on any atom is -0.306 e. The number of urea groups is 1. The monoisotopic (exact) mass is 373 g/mol. The fourth-order valence-corrected chi connectivity index (χ4v) is 2.85. The number of hydrogen-bond acceptors (Lipinski definition) is 4. The molecule has 138 valence electrons. The summed E-state index contributed by atoms with van der Waals surface area (Å²) in [5.41, 5.74) is 5.03. The normalized spacial score (nSPS) is 10.6. The number of carbonyl (C=O) groups excluding carboxylic acids is 2. The molecule has 8 heteroatoms. The third-order valence-electron chi connectivity index (χ3n) is 4.16. The van der Waals surface area contributed by atoms with Crippen molar-refractivity contribution >= 4 is 39.3 Å². The Bertz CT molecular complexity index is 1260. The second-order valence-electron chi connectivity index (χ2n) is 5.99. The van der Waals surface area contributed by atoms with Crippen LogP contribution in [0, 0.1) is 0 Å². The van der Waals surface area contributed by atoms with Crippen molar-refractivity contribution in [2.24, 2.45) is 0 Å². The molecule has 0 radical (unpaired) electrons. The van der Waals surface area contributed by atoms with E-state index in [0.29, 0.717) is 16.6 Å². The summed E-state index contributed by atoms with van der Waals surface area (Å²) in [6.07, 6.45) is 0. The van der Waals surface area contributed by atoms with Crippen molar-refractivity contribution in [3.05, 3.63) is 82.9 Å². The highest BCUT2D eigenvalue weighted by Crippen LogP contribution is 2.22. The molecule has 0 aliphatic rings. The summed E-state index contributed by atoms with van der Waals surface area (Å²) in [5, 5.41) is 4.89. The molecule has 0 saturated carbocycles. The van der Waals surface area contributed by atoms with Gasteiger partial charge in [-0.25, -0.2) is 15.2 Å². The zero-order valence-corrected chi connectivity index (χ0v) is 14.5. The standard InChI is InChI=1S/C20H15N5O3/c26-18-14-9-3-4-10-16(14)21-17(23-18)19(27)24-25-20(28)22-15-11-5-7-12-6-1-2-8-13(12)15/h1-11H,(H,24,27)(H,21,23,26)(H2,22,25,28). The van der Waals surface area contributed by atoms with Crippen molar-refractivity contribution in [3.8, 4) is 0 Å². The number of nitrogens with zero attached hydrogens (tertiary/aromatic N) is 1. The molecule has 4 aromatic rings. The number of rotatable bonds is 2. The summed E-state index contributed by atoms with van der Waals surface area (Å²) in [6, 6.07) is 19.1. The molecule has 8 nitrogen and oxygen atoms in total. The zero-order valence-electron chi connectivity index (χ0n) is 14.5. The minimum absolute atomic E-state index is 0.200. The van der Waals surface area contributed by atoms with Gasteiger partial charge in [0.2, 0.25) is 5.82 Å². The molecule has 3 aromatic carbocycles. The van der Waals surface area contributed by atoms with E-state index >= 15 is 0 Å². The first-order valence-electron chi connectivity index (χ1n) is 8.46. The van der Waals surface area contributed by atoms with Crippen molar-refractivity contribution in [2.75, 3.05) is 5.32 Å². The van der Waals surface area contributed by atoms with Gasteiger partial charge in [-0.05, 0) is 23.6 Å². The number of H-pyrrole nitrogens is 1. The third kappa shape index (κ3) is 3.38. The molecule has 0 aliphatic heterocycles. The number of aromatic nitrogens is 2. The van der Waals surface area contributed by atoms with Gasteiger partial charge in [-0.3, -0.25) is 15.0 Å². The van der Waals surface area contributed by atoms with Crippen molar-refractivity contribution in [3.63, 3.8) is 0 Å². The van der Waals surface area contributed by atoms with Crippen molar-refractivity contribution in [1.82, 2.24) is 20.8 Å². The maximum absolute atomic E-state index is 12.2. The van der Waals surface area contributed by atoms with Gasteiger partial charge in [0.05, 0.1) is 16.6 Å². The molecule has 0 saturated heterocycles. The predicted octanol–water partition coefficient (Wildman–Crippen LogP) is 2.54. The van der Waals surface area contributed by atoms with Crippen molar-refractivity contribution < 1.29 is 9.59 Å². The van der Waals surface area contributed by atoms with Crippen LogP contribution in [0.2, 0.25) is 0 Å². The molecule has 0 spiro atoms. The smallest absolute Gasteiger partial charge is 0.306 e. The Morgan fingerprint density at radius 1 is 0.821 bits per heavy atom. The van der Waals surface area contributed by atoms with Crippen LogP contribution in [-0.2, 0) is 0 Å². The Labute approximate surface area is 158 Å². The molecule has 0 aliphatic carbocycles. The molecular formula is C20H15N5O3. The molecule has 0 atom stereocenters. The van der Waals surface area contributed by atoms with Crippen molar-refractivity contribution in [2.45, 2.75) is 0 Å². The van der Waals surface area contributed by atoms with Gasteiger partial charge in [-0.1, -0.05) is 48.5 Å². The van der Waals surface area contributed by atoms with E-state index in [0.717, 1.165) is 10.8 Å². The van der Waals surface area contributed by atoms with E-state index in [1.165, 1.54) is 0 Å².